The van der Waals surface area contributed by atoms with Crippen molar-refractivity contribution < 1.29 is 4.79 Å². The second-order valence-corrected chi connectivity index (χ2v) is 6.18. The zero-order chi connectivity index (χ0) is 14.0. The number of fused-ring (bicyclic) bond motifs is 1. The Balaban J connectivity index is 2.16. The fourth-order valence-corrected chi connectivity index (χ4v) is 3.56. The van der Waals surface area contributed by atoms with Crippen molar-refractivity contribution in [1.29, 1.82) is 5.26 Å². The summed E-state index contributed by atoms with van der Waals surface area (Å²) in [6, 6.07) is 1.70. The van der Waals surface area contributed by atoms with Crippen LogP contribution in [0.2, 0.25) is 0 Å². The molecule has 1 amide bonds. The highest BCUT2D eigenvalue weighted by atomic mass is 32.1. The number of carbonyl (C=O) groups is 1. The Labute approximate surface area is 117 Å². The molecular formula is C14H19N3OS. The number of nitrogens with zero attached hydrogens (tertiary/aromatic N) is 1. The first-order chi connectivity index (χ1) is 9.08. The normalized spacial score (nSPS) is 16.5. The van der Waals surface area contributed by atoms with Crippen molar-refractivity contribution in [2.45, 2.75) is 45.6 Å². The van der Waals surface area contributed by atoms with E-state index in [-0.39, 0.29) is 11.8 Å². The third kappa shape index (κ3) is 2.65. The number of rotatable bonds is 4. The molecule has 1 unspecified atom stereocenters. The van der Waals surface area contributed by atoms with Gasteiger partial charge in [0.05, 0.1) is 11.6 Å². The summed E-state index contributed by atoms with van der Waals surface area (Å²) >= 11 is 1.53. The second-order valence-electron chi connectivity index (χ2n) is 5.07. The van der Waals surface area contributed by atoms with Gasteiger partial charge in [-0.25, -0.2) is 0 Å². The number of amides is 1. The van der Waals surface area contributed by atoms with Gasteiger partial charge in [-0.2, -0.15) is 5.26 Å². The number of hydrogen-bond acceptors (Lipinski definition) is 4. The topological polar surface area (TPSA) is 78.9 Å². The molecule has 0 aromatic carbocycles. The summed E-state index contributed by atoms with van der Waals surface area (Å²) in [4.78, 5) is 13.3. The molecule has 3 N–H and O–H groups in total. The summed E-state index contributed by atoms with van der Waals surface area (Å²) in [7, 11) is 0. The number of aryl methyl sites for hydroxylation is 1. The molecule has 1 aliphatic rings. The molecule has 1 heterocycles. The van der Waals surface area contributed by atoms with Crippen molar-refractivity contribution in [2.24, 2.45) is 11.7 Å². The standard InChI is InChI=1S/C14H19N3OS/c1-3-8(2)12(16)13(18)17-14-10(7-15)9-5-4-6-11(9)19-14/h8,12H,3-6,16H2,1-2H3,(H,17,18)/t8?,12-/m0/s1. The van der Waals surface area contributed by atoms with Crippen LogP contribution in [-0.4, -0.2) is 11.9 Å². The van der Waals surface area contributed by atoms with Crippen LogP contribution in [0.5, 0.6) is 0 Å². The van der Waals surface area contributed by atoms with E-state index in [0.717, 1.165) is 31.2 Å². The molecule has 4 nitrogen and oxygen atoms in total. The maximum atomic E-state index is 12.1. The Hall–Kier alpha value is -1.38. The molecular weight excluding hydrogens is 258 g/mol. The van der Waals surface area contributed by atoms with Crippen molar-refractivity contribution in [3.05, 3.63) is 16.0 Å². The van der Waals surface area contributed by atoms with Crippen LogP contribution in [0, 0.1) is 17.2 Å². The van der Waals surface area contributed by atoms with E-state index < -0.39 is 6.04 Å². The van der Waals surface area contributed by atoms with E-state index >= 15 is 0 Å². The highest BCUT2D eigenvalue weighted by molar-refractivity contribution is 7.16. The van der Waals surface area contributed by atoms with E-state index in [1.807, 2.05) is 13.8 Å². The number of nitriles is 1. The number of nitrogens with one attached hydrogen (secondary N) is 1. The Morgan fingerprint density at radius 1 is 1.58 bits per heavy atom. The Kier molecular flexibility index (Phi) is 4.23. The number of nitrogens with two attached hydrogens (primary N) is 1. The smallest absolute Gasteiger partial charge is 0.242 e. The first kappa shape index (κ1) is 14.0. The van der Waals surface area contributed by atoms with Gasteiger partial charge in [0, 0.05) is 4.88 Å². The number of carbonyl (C=O) groups excluding carboxylic acids is 1. The first-order valence-corrected chi connectivity index (χ1v) is 7.51. The SMILES string of the molecule is CCC(C)[C@H](N)C(=O)Nc1sc2c(c1C#N)CCC2. The van der Waals surface area contributed by atoms with Crippen molar-refractivity contribution in [2.75, 3.05) is 5.32 Å². The van der Waals surface area contributed by atoms with Gasteiger partial charge in [0.15, 0.2) is 0 Å². The fourth-order valence-electron chi connectivity index (χ4n) is 2.32. The van der Waals surface area contributed by atoms with Gasteiger partial charge in [-0.15, -0.1) is 11.3 Å². The number of anilines is 1. The molecule has 0 saturated carbocycles. The summed E-state index contributed by atoms with van der Waals surface area (Å²) in [6.07, 6.45) is 3.93. The molecule has 1 aromatic heterocycles. The van der Waals surface area contributed by atoms with Gasteiger partial charge in [-0.05, 0) is 30.7 Å². The molecule has 0 bridgehead atoms. The van der Waals surface area contributed by atoms with Crippen LogP contribution in [0.15, 0.2) is 0 Å². The first-order valence-electron chi connectivity index (χ1n) is 6.69. The highest BCUT2D eigenvalue weighted by Crippen LogP contribution is 2.38. The van der Waals surface area contributed by atoms with Crippen molar-refractivity contribution >= 4 is 22.2 Å². The lowest BCUT2D eigenvalue weighted by Gasteiger charge is -2.17. The van der Waals surface area contributed by atoms with Crippen LogP contribution in [0.1, 0.15) is 42.7 Å². The lowest BCUT2D eigenvalue weighted by Crippen LogP contribution is -2.40. The fraction of sp³-hybridized carbons (Fsp3) is 0.571. The zero-order valence-electron chi connectivity index (χ0n) is 11.3. The van der Waals surface area contributed by atoms with Crippen LogP contribution in [0.4, 0.5) is 5.00 Å². The molecule has 0 spiro atoms. The minimum atomic E-state index is -0.520. The minimum Gasteiger partial charge on any atom is -0.320 e. The average molecular weight is 277 g/mol. The van der Waals surface area contributed by atoms with Crippen LogP contribution < -0.4 is 11.1 Å². The lowest BCUT2D eigenvalue weighted by atomic mass is 9.99. The van der Waals surface area contributed by atoms with Gasteiger partial charge in [0.2, 0.25) is 5.91 Å². The van der Waals surface area contributed by atoms with E-state index in [2.05, 4.69) is 11.4 Å². The molecule has 1 aromatic rings. The lowest BCUT2D eigenvalue weighted by molar-refractivity contribution is -0.118. The van der Waals surface area contributed by atoms with Crippen molar-refractivity contribution in [3.63, 3.8) is 0 Å². The number of hydrogen-bond donors (Lipinski definition) is 2. The molecule has 19 heavy (non-hydrogen) atoms. The van der Waals surface area contributed by atoms with E-state index in [1.165, 1.54) is 16.2 Å². The summed E-state index contributed by atoms with van der Waals surface area (Å²) in [5, 5.41) is 12.8. The molecule has 2 atom stereocenters. The molecule has 0 fully saturated rings. The number of thiophene rings is 1. The zero-order valence-corrected chi connectivity index (χ0v) is 12.1. The van der Waals surface area contributed by atoms with E-state index in [0.29, 0.717) is 10.6 Å². The van der Waals surface area contributed by atoms with Gasteiger partial charge in [-0.1, -0.05) is 20.3 Å². The van der Waals surface area contributed by atoms with Gasteiger partial charge < -0.3 is 11.1 Å². The van der Waals surface area contributed by atoms with E-state index in [1.54, 1.807) is 0 Å². The monoisotopic (exact) mass is 277 g/mol. The van der Waals surface area contributed by atoms with Gasteiger partial charge in [0.25, 0.3) is 0 Å². The Morgan fingerprint density at radius 2 is 2.32 bits per heavy atom. The predicted molar refractivity (Wildman–Crippen MR) is 77.1 cm³/mol. The summed E-state index contributed by atoms with van der Waals surface area (Å²) < 4.78 is 0. The molecule has 0 aliphatic heterocycles. The molecule has 1 aliphatic carbocycles. The second kappa shape index (κ2) is 5.72. The van der Waals surface area contributed by atoms with Crippen LogP contribution >= 0.6 is 11.3 Å². The quantitative estimate of drug-likeness (QED) is 0.887. The third-order valence-electron chi connectivity index (χ3n) is 3.83. The van der Waals surface area contributed by atoms with Crippen LogP contribution in [0.3, 0.4) is 0 Å². The summed E-state index contributed by atoms with van der Waals surface area (Å²) in [5.41, 5.74) is 7.68. The molecule has 0 radical (unpaired) electrons. The summed E-state index contributed by atoms with van der Waals surface area (Å²) in [5.74, 6) is -0.0527. The Morgan fingerprint density at radius 3 is 2.95 bits per heavy atom. The van der Waals surface area contributed by atoms with Crippen molar-refractivity contribution in [1.82, 2.24) is 0 Å². The largest absolute Gasteiger partial charge is 0.320 e. The van der Waals surface area contributed by atoms with E-state index in [9.17, 15) is 10.1 Å². The maximum Gasteiger partial charge on any atom is 0.242 e. The predicted octanol–water partition coefficient (Wildman–Crippen LogP) is 2.42. The van der Waals surface area contributed by atoms with Crippen LogP contribution in [0.25, 0.3) is 0 Å². The van der Waals surface area contributed by atoms with Gasteiger partial charge in [-0.3, -0.25) is 4.79 Å². The maximum absolute atomic E-state index is 12.1. The molecule has 2 rings (SSSR count). The highest BCUT2D eigenvalue weighted by Gasteiger charge is 2.25. The molecule has 102 valence electrons. The Bertz CT molecular complexity index is 530. The van der Waals surface area contributed by atoms with Gasteiger partial charge >= 0.3 is 0 Å². The van der Waals surface area contributed by atoms with Crippen LogP contribution in [-0.2, 0) is 17.6 Å². The van der Waals surface area contributed by atoms with Gasteiger partial charge in [0.1, 0.15) is 11.1 Å². The van der Waals surface area contributed by atoms with Crippen molar-refractivity contribution in [3.8, 4) is 6.07 Å². The summed E-state index contributed by atoms with van der Waals surface area (Å²) in [6.45, 7) is 3.97. The minimum absolute atomic E-state index is 0.136. The molecule has 0 saturated heterocycles. The molecule has 5 heteroatoms. The van der Waals surface area contributed by atoms with E-state index in [4.69, 9.17) is 5.73 Å². The average Bonchev–Trinajstić information content (AvgIpc) is 2.96. The third-order valence-corrected chi connectivity index (χ3v) is 5.04.